The molecule has 0 aliphatic rings. The van der Waals surface area contributed by atoms with Crippen molar-refractivity contribution in [2.24, 2.45) is 0 Å². The predicted molar refractivity (Wildman–Crippen MR) is 212 cm³/mol. The molecule has 0 fully saturated rings. The fourth-order valence-electron chi connectivity index (χ4n) is 6.72. The zero-order chi connectivity index (χ0) is 41.1. The molecular weight excluding hydrogens is 605 g/mol. The van der Waals surface area contributed by atoms with Gasteiger partial charge < -0.3 is 9.47 Å². The van der Waals surface area contributed by atoms with E-state index in [-0.39, 0.29) is 29.0 Å². The van der Waals surface area contributed by atoms with Gasteiger partial charge in [-0.2, -0.15) is 0 Å². The fraction of sp³-hybridized carbons (Fsp3) is 0. The van der Waals surface area contributed by atoms with Crippen molar-refractivity contribution in [2.45, 2.75) is 0 Å². The maximum Gasteiger partial charge on any atom is 0.0645 e. The Labute approximate surface area is 305 Å². The predicted octanol–water partition coefficient (Wildman–Crippen LogP) is 13.3. The second-order valence-corrected chi connectivity index (χ2v) is 11.9. The first-order valence-electron chi connectivity index (χ1n) is 20.9. The maximum absolute atomic E-state index is 9.54. The van der Waals surface area contributed by atoms with Crippen molar-refractivity contribution in [1.82, 2.24) is 4.57 Å². The lowest BCUT2D eigenvalue weighted by Crippen LogP contribution is -2.11. The monoisotopic (exact) mass is 647 g/mol. The number of fused-ring (bicyclic) bond motifs is 3. The van der Waals surface area contributed by atoms with Gasteiger partial charge in [0.05, 0.1) is 34.7 Å². The van der Waals surface area contributed by atoms with Crippen molar-refractivity contribution < 1.29 is 12.3 Å². The third-order valence-electron chi connectivity index (χ3n) is 8.97. The summed E-state index contributed by atoms with van der Waals surface area (Å²) in [6.07, 6.45) is 0. The first-order valence-corrected chi connectivity index (χ1v) is 16.4. The second kappa shape index (κ2) is 12.8. The third-order valence-corrected chi connectivity index (χ3v) is 8.97. The number of anilines is 3. The van der Waals surface area contributed by atoms with E-state index in [1.165, 1.54) is 4.90 Å². The second-order valence-electron chi connectivity index (χ2n) is 11.9. The van der Waals surface area contributed by atoms with E-state index in [1.807, 2.05) is 103 Å². The Morgan fingerprint density at radius 3 is 1.74 bits per heavy atom. The molecule has 0 N–H and O–H groups in total. The zero-order valence-corrected chi connectivity index (χ0v) is 26.8. The SMILES string of the molecule is [2H]c1c([2H])c([2H])c(N(c2ccccc2-c2ccccc2)c2c([2H])c([2H])c(-c3ccc4c(c3)c3ccccc3n4-c3ccccc3-c3ccccc3)c([2H])c2[2H])c([2H])c1[2H]. The molecule has 9 aromatic rings. The molecule has 0 aliphatic heterocycles. The first kappa shape index (κ1) is 21.4. The Hall–Kier alpha value is -6.64. The van der Waals surface area contributed by atoms with Gasteiger partial charge in [0.2, 0.25) is 0 Å². The molecule has 236 valence electrons. The summed E-state index contributed by atoms with van der Waals surface area (Å²) >= 11 is 0. The van der Waals surface area contributed by atoms with Gasteiger partial charge >= 0.3 is 0 Å². The van der Waals surface area contributed by atoms with E-state index in [9.17, 15) is 5.48 Å². The summed E-state index contributed by atoms with van der Waals surface area (Å²) in [5.74, 6) is 0. The van der Waals surface area contributed by atoms with Crippen LogP contribution in [-0.4, -0.2) is 4.57 Å². The summed E-state index contributed by atoms with van der Waals surface area (Å²) in [5, 5.41) is 1.81. The number of para-hydroxylation sites is 4. The number of aromatic nitrogens is 1. The Kier molecular flexibility index (Phi) is 5.45. The van der Waals surface area contributed by atoms with Gasteiger partial charge in [-0.05, 0) is 76.8 Å². The van der Waals surface area contributed by atoms with Crippen LogP contribution in [0.15, 0.2) is 206 Å². The number of hydrogen-bond acceptors (Lipinski definition) is 1. The third kappa shape index (κ3) is 5.24. The quantitative estimate of drug-likeness (QED) is 0.167. The van der Waals surface area contributed by atoms with Gasteiger partial charge in [-0.1, -0.05) is 152 Å². The lowest BCUT2D eigenvalue weighted by atomic mass is 10.0. The topological polar surface area (TPSA) is 8.17 Å². The summed E-state index contributed by atoms with van der Waals surface area (Å²) in [6.45, 7) is 0. The van der Waals surface area contributed by atoms with Crippen LogP contribution in [0.4, 0.5) is 17.1 Å². The summed E-state index contributed by atoms with van der Waals surface area (Å²) in [5.41, 5.74) is 6.61. The lowest BCUT2D eigenvalue weighted by molar-refractivity contribution is 1.18. The van der Waals surface area contributed by atoms with E-state index in [4.69, 9.17) is 6.85 Å². The smallest absolute Gasteiger partial charge is 0.0645 e. The van der Waals surface area contributed by atoms with Crippen LogP contribution in [0.5, 0.6) is 0 Å². The van der Waals surface area contributed by atoms with E-state index < -0.39 is 42.3 Å². The minimum atomic E-state index is -0.589. The normalized spacial score (nSPS) is 13.7. The van der Waals surface area contributed by atoms with Crippen LogP contribution < -0.4 is 4.90 Å². The van der Waals surface area contributed by atoms with E-state index >= 15 is 0 Å². The summed E-state index contributed by atoms with van der Waals surface area (Å²) in [7, 11) is 0. The van der Waals surface area contributed by atoms with Crippen molar-refractivity contribution in [3.63, 3.8) is 0 Å². The van der Waals surface area contributed by atoms with Gasteiger partial charge in [0.25, 0.3) is 0 Å². The van der Waals surface area contributed by atoms with Crippen LogP contribution in [0.2, 0.25) is 0 Å². The number of hydrogen-bond donors (Lipinski definition) is 0. The van der Waals surface area contributed by atoms with Gasteiger partial charge in [-0.25, -0.2) is 0 Å². The molecule has 0 aliphatic carbocycles. The molecule has 2 nitrogen and oxygen atoms in total. The average Bonchev–Trinajstić information content (AvgIpc) is 3.60. The molecule has 2 heteroatoms. The van der Waals surface area contributed by atoms with Gasteiger partial charge in [-0.3, -0.25) is 0 Å². The molecule has 1 heterocycles. The highest BCUT2D eigenvalue weighted by Crippen LogP contribution is 2.42. The zero-order valence-electron chi connectivity index (χ0n) is 35.8. The van der Waals surface area contributed by atoms with Crippen LogP contribution in [0.3, 0.4) is 0 Å². The minimum Gasteiger partial charge on any atom is -0.310 e. The molecule has 0 saturated heterocycles. The molecular formula is C48H34N2. The largest absolute Gasteiger partial charge is 0.310 e. The number of benzene rings is 8. The van der Waals surface area contributed by atoms with Crippen molar-refractivity contribution in [1.29, 1.82) is 0 Å². The van der Waals surface area contributed by atoms with Crippen molar-refractivity contribution in [3.05, 3.63) is 206 Å². The van der Waals surface area contributed by atoms with Crippen LogP contribution in [0.25, 0.3) is 60.9 Å². The Morgan fingerprint density at radius 2 is 0.980 bits per heavy atom. The highest BCUT2D eigenvalue weighted by molar-refractivity contribution is 6.11. The molecule has 0 radical (unpaired) electrons. The van der Waals surface area contributed by atoms with Crippen molar-refractivity contribution >= 4 is 38.9 Å². The van der Waals surface area contributed by atoms with E-state index in [1.54, 1.807) is 18.2 Å². The van der Waals surface area contributed by atoms with Crippen LogP contribution in [0, 0.1) is 0 Å². The maximum atomic E-state index is 9.54. The van der Waals surface area contributed by atoms with Crippen molar-refractivity contribution in [2.75, 3.05) is 4.90 Å². The van der Waals surface area contributed by atoms with E-state index in [0.29, 0.717) is 16.8 Å². The molecule has 50 heavy (non-hydrogen) atoms. The molecule has 9 rings (SSSR count). The molecule has 0 spiro atoms. The molecule has 0 atom stereocenters. The minimum absolute atomic E-state index is 0.0736. The van der Waals surface area contributed by atoms with Crippen LogP contribution in [0.1, 0.15) is 12.3 Å². The molecule has 0 unspecified atom stereocenters. The molecule has 8 aromatic carbocycles. The summed E-state index contributed by atoms with van der Waals surface area (Å²) < 4.78 is 83.6. The Bertz CT molecular complexity index is 3050. The van der Waals surface area contributed by atoms with E-state index in [2.05, 4.69) is 34.9 Å². The Balaban J connectivity index is 1.28. The summed E-state index contributed by atoms with van der Waals surface area (Å²) in [4.78, 5) is 1.29. The number of rotatable bonds is 7. The van der Waals surface area contributed by atoms with Crippen LogP contribution >= 0.6 is 0 Å². The number of nitrogens with zero attached hydrogens (tertiary/aromatic N) is 2. The highest BCUT2D eigenvalue weighted by atomic mass is 15.1. The van der Waals surface area contributed by atoms with Crippen LogP contribution in [-0.2, 0) is 0 Å². The van der Waals surface area contributed by atoms with Crippen molar-refractivity contribution in [3.8, 4) is 39.1 Å². The average molecular weight is 648 g/mol. The highest BCUT2D eigenvalue weighted by Gasteiger charge is 2.18. The Morgan fingerprint density at radius 1 is 0.400 bits per heavy atom. The van der Waals surface area contributed by atoms with Gasteiger partial charge in [-0.15, -0.1) is 0 Å². The first-order chi connectivity index (χ1) is 28.6. The van der Waals surface area contributed by atoms with Gasteiger partial charge in [0.15, 0.2) is 0 Å². The fourth-order valence-corrected chi connectivity index (χ4v) is 6.72. The molecule has 0 bridgehead atoms. The van der Waals surface area contributed by atoms with Gasteiger partial charge in [0.1, 0.15) is 0 Å². The summed E-state index contributed by atoms with van der Waals surface area (Å²) in [6, 6.07) is 44.0. The lowest BCUT2D eigenvalue weighted by Gasteiger charge is -2.28. The molecule has 0 amide bonds. The standard InChI is InChI=1S/C48H34N2/c1-4-16-36(17-5-1)41-22-10-13-25-45(41)49(39-20-8-3-9-21-39)40-31-28-35(29-32-40)38-30-33-48-44(34-38)43-24-12-15-27-47(43)50(48)46-26-14-11-23-42(46)37-18-6-2-7-19-37/h1-34H/i3D,8D,9D,20D,21D,28D,29D,31D,32D. The molecule has 1 aromatic heterocycles. The van der Waals surface area contributed by atoms with Gasteiger partial charge in [0, 0.05) is 33.3 Å². The van der Waals surface area contributed by atoms with E-state index in [0.717, 1.165) is 44.2 Å². The molecule has 0 saturated carbocycles.